The molecule has 0 heterocycles. The van der Waals surface area contributed by atoms with Crippen LogP contribution in [-0.4, -0.2) is 12.1 Å². The lowest BCUT2D eigenvalue weighted by molar-refractivity contribution is 0.0955. The van der Waals surface area contributed by atoms with E-state index in [9.17, 15) is 9.18 Å². The van der Waals surface area contributed by atoms with Crippen molar-refractivity contribution < 1.29 is 13.9 Å². The Morgan fingerprint density at radius 1 is 1.07 bits per heavy atom. The van der Waals surface area contributed by atoms with E-state index in [1.54, 1.807) is 6.21 Å². The van der Waals surface area contributed by atoms with E-state index in [2.05, 4.69) is 26.5 Å². The third-order valence-electron chi connectivity index (χ3n) is 4.27. The summed E-state index contributed by atoms with van der Waals surface area (Å²) in [6.07, 6.45) is 1.57. The number of hydrogen-bond acceptors (Lipinski definition) is 3. The van der Waals surface area contributed by atoms with Gasteiger partial charge in [0.15, 0.2) is 0 Å². The third-order valence-corrected chi connectivity index (χ3v) is 4.79. The number of carbonyl (C=O) groups is 1. The Bertz CT molecular complexity index is 1010. The molecule has 0 bridgehead atoms. The summed E-state index contributed by atoms with van der Waals surface area (Å²) in [7, 11) is 0. The SMILES string of the molecule is Cc1cc(/C=N\NC(=O)c2ccc(F)cc2)cc(C)c1OCc1ccc(Br)cc1. The number of rotatable bonds is 6. The zero-order chi connectivity index (χ0) is 20.8. The Morgan fingerprint density at radius 3 is 2.31 bits per heavy atom. The Kier molecular flexibility index (Phi) is 6.77. The summed E-state index contributed by atoms with van der Waals surface area (Å²) in [4.78, 5) is 12.0. The molecule has 0 fully saturated rings. The van der Waals surface area contributed by atoms with Gasteiger partial charge in [0, 0.05) is 10.0 Å². The molecule has 148 valence electrons. The minimum atomic E-state index is -0.399. The minimum absolute atomic E-state index is 0.340. The van der Waals surface area contributed by atoms with Crippen molar-refractivity contribution in [3.63, 3.8) is 0 Å². The van der Waals surface area contributed by atoms with E-state index in [0.717, 1.165) is 32.5 Å². The van der Waals surface area contributed by atoms with Crippen LogP contribution >= 0.6 is 15.9 Å². The highest BCUT2D eigenvalue weighted by Crippen LogP contribution is 2.25. The predicted molar refractivity (Wildman–Crippen MR) is 116 cm³/mol. The number of hydrazone groups is 1. The van der Waals surface area contributed by atoms with Crippen molar-refractivity contribution in [2.75, 3.05) is 0 Å². The maximum absolute atomic E-state index is 12.9. The van der Waals surface area contributed by atoms with Crippen LogP contribution in [-0.2, 0) is 6.61 Å². The van der Waals surface area contributed by atoms with Gasteiger partial charge >= 0.3 is 0 Å². The molecule has 3 aromatic rings. The molecule has 0 saturated heterocycles. The number of benzene rings is 3. The summed E-state index contributed by atoms with van der Waals surface area (Å²) >= 11 is 3.42. The number of nitrogens with zero attached hydrogens (tertiary/aromatic N) is 1. The van der Waals surface area contributed by atoms with Crippen LogP contribution in [0.3, 0.4) is 0 Å². The van der Waals surface area contributed by atoms with Crippen molar-refractivity contribution in [2.45, 2.75) is 20.5 Å². The molecular weight excluding hydrogens is 435 g/mol. The zero-order valence-electron chi connectivity index (χ0n) is 16.1. The summed E-state index contributed by atoms with van der Waals surface area (Å²) in [5, 5.41) is 3.99. The smallest absolute Gasteiger partial charge is 0.271 e. The van der Waals surface area contributed by atoms with E-state index < -0.39 is 11.7 Å². The summed E-state index contributed by atoms with van der Waals surface area (Å²) in [6.45, 7) is 4.42. The van der Waals surface area contributed by atoms with Crippen LogP contribution in [0.15, 0.2) is 70.2 Å². The molecule has 4 nitrogen and oxygen atoms in total. The first-order valence-electron chi connectivity index (χ1n) is 9.00. The molecule has 3 rings (SSSR count). The Labute approximate surface area is 177 Å². The number of ether oxygens (including phenoxy) is 1. The van der Waals surface area contributed by atoms with Gasteiger partial charge in [-0.3, -0.25) is 4.79 Å². The van der Waals surface area contributed by atoms with Crippen LogP contribution in [0.4, 0.5) is 4.39 Å². The molecule has 0 atom stereocenters. The first-order valence-corrected chi connectivity index (χ1v) is 9.79. The number of amides is 1. The van der Waals surface area contributed by atoms with Gasteiger partial charge < -0.3 is 4.74 Å². The van der Waals surface area contributed by atoms with Crippen molar-refractivity contribution >= 4 is 28.1 Å². The maximum atomic E-state index is 12.9. The molecule has 0 unspecified atom stereocenters. The number of aryl methyl sites for hydroxylation is 2. The second-order valence-corrected chi connectivity index (χ2v) is 7.52. The van der Waals surface area contributed by atoms with E-state index in [0.29, 0.717) is 12.2 Å². The fraction of sp³-hybridized carbons (Fsp3) is 0.130. The highest BCUT2D eigenvalue weighted by atomic mass is 79.9. The molecule has 0 aromatic heterocycles. The van der Waals surface area contributed by atoms with E-state index >= 15 is 0 Å². The number of nitrogens with one attached hydrogen (secondary N) is 1. The van der Waals surface area contributed by atoms with E-state index in [1.807, 2.05) is 50.2 Å². The van der Waals surface area contributed by atoms with Crippen LogP contribution in [0.5, 0.6) is 5.75 Å². The van der Waals surface area contributed by atoms with Crippen molar-refractivity contribution in [1.29, 1.82) is 0 Å². The zero-order valence-corrected chi connectivity index (χ0v) is 17.7. The number of carbonyl (C=O) groups excluding carboxylic acids is 1. The lowest BCUT2D eigenvalue weighted by atomic mass is 10.1. The number of halogens is 2. The van der Waals surface area contributed by atoms with Crippen molar-refractivity contribution in [2.24, 2.45) is 5.10 Å². The van der Waals surface area contributed by atoms with Crippen LogP contribution in [0.1, 0.15) is 32.6 Å². The van der Waals surface area contributed by atoms with Crippen LogP contribution < -0.4 is 10.2 Å². The molecule has 29 heavy (non-hydrogen) atoms. The van der Waals surface area contributed by atoms with E-state index in [-0.39, 0.29) is 0 Å². The summed E-state index contributed by atoms with van der Waals surface area (Å²) in [6, 6.07) is 17.2. The molecule has 0 saturated carbocycles. The molecule has 1 N–H and O–H groups in total. The van der Waals surface area contributed by atoms with Crippen LogP contribution in [0.2, 0.25) is 0 Å². The maximum Gasteiger partial charge on any atom is 0.271 e. The van der Waals surface area contributed by atoms with Gasteiger partial charge in [0.1, 0.15) is 18.2 Å². The van der Waals surface area contributed by atoms with Crippen LogP contribution in [0.25, 0.3) is 0 Å². The van der Waals surface area contributed by atoms with Gasteiger partial charge in [-0.1, -0.05) is 28.1 Å². The largest absolute Gasteiger partial charge is 0.488 e. The van der Waals surface area contributed by atoms with Gasteiger partial charge in [-0.2, -0.15) is 5.10 Å². The highest BCUT2D eigenvalue weighted by Gasteiger charge is 2.07. The monoisotopic (exact) mass is 454 g/mol. The molecule has 0 aliphatic rings. The van der Waals surface area contributed by atoms with Crippen molar-refractivity contribution in [1.82, 2.24) is 5.43 Å². The topological polar surface area (TPSA) is 50.7 Å². The molecule has 6 heteroatoms. The average molecular weight is 455 g/mol. The first-order chi connectivity index (χ1) is 13.9. The average Bonchev–Trinajstić information content (AvgIpc) is 2.69. The first kappa shape index (κ1) is 20.7. The highest BCUT2D eigenvalue weighted by molar-refractivity contribution is 9.10. The molecule has 0 aliphatic heterocycles. The Hall–Kier alpha value is -2.99. The second kappa shape index (κ2) is 9.47. The summed E-state index contributed by atoms with van der Waals surface area (Å²) < 4.78 is 20.0. The summed E-state index contributed by atoms with van der Waals surface area (Å²) in [5.41, 5.74) is 6.67. The fourth-order valence-electron chi connectivity index (χ4n) is 2.85. The molecular formula is C23H20BrFN2O2. The summed E-state index contributed by atoms with van der Waals surface area (Å²) in [5.74, 6) is 0.0445. The van der Waals surface area contributed by atoms with E-state index in [1.165, 1.54) is 24.3 Å². The van der Waals surface area contributed by atoms with Crippen molar-refractivity contribution in [3.05, 3.63) is 98.8 Å². The lowest BCUT2D eigenvalue weighted by Gasteiger charge is -2.13. The third kappa shape index (κ3) is 5.74. The minimum Gasteiger partial charge on any atom is -0.488 e. The molecule has 1 amide bonds. The predicted octanol–water partition coefficient (Wildman–Crippen LogP) is 5.55. The van der Waals surface area contributed by atoms with Crippen LogP contribution in [0, 0.1) is 19.7 Å². The molecule has 3 aromatic carbocycles. The Morgan fingerprint density at radius 2 is 1.69 bits per heavy atom. The molecule has 0 aliphatic carbocycles. The quantitative estimate of drug-likeness (QED) is 0.392. The normalized spacial score (nSPS) is 10.9. The standard InChI is InChI=1S/C23H20BrFN2O2/c1-15-11-18(13-26-27-23(28)19-5-9-21(25)10-6-19)12-16(2)22(15)29-14-17-3-7-20(24)8-4-17/h3-13H,14H2,1-2H3,(H,27,28)/b26-13-. The van der Waals surface area contributed by atoms with E-state index in [4.69, 9.17) is 4.74 Å². The second-order valence-electron chi connectivity index (χ2n) is 6.60. The van der Waals surface area contributed by atoms with Crippen molar-refractivity contribution in [3.8, 4) is 5.75 Å². The number of hydrogen-bond donors (Lipinski definition) is 1. The van der Waals surface area contributed by atoms with Gasteiger partial charge in [0.2, 0.25) is 0 Å². The van der Waals surface area contributed by atoms with Gasteiger partial charge in [0.05, 0.1) is 6.21 Å². The molecule has 0 radical (unpaired) electrons. The van der Waals surface area contributed by atoms with Gasteiger partial charge in [-0.25, -0.2) is 9.82 Å². The van der Waals surface area contributed by atoms with Gasteiger partial charge in [-0.15, -0.1) is 0 Å². The fourth-order valence-corrected chi connectivity index (χ4v) is 3.12. The lowest BCUT2D eigenvalue weighted by Crippen LogP contribution is -2.17. The Balaban J connectivity index is 1.63. The van der Waals surface area contributed by atoms with Gasteiger partial charge in [0.25, 0.3) is 5.91 Å². The molecule has 0 spiro atoms. The van der Waals surface area contributed by atoms with Gasteiger partial charge in [-0.05, 0) is 84.6 Å².